The Hall–Kier alpha value is -2.06. The number of nitrogens with zero attached hydrogens (tertiary/aromatic N) is 2. The first-order chi connectivity index (χ1) is 13.5. The van der Waals surface area contributed by atoms with Crippen LogP contribution in [0.5, 0.6) is 5.75 Å². The third-order valence-electron chi connectivity index (χ3n) is 3.75. The number of thioether (sulfide) groups is 1. The zero-order chi connectivity index (χ0) is 20.7. The monoisotopic (exact) mass is 429 g/mol. The average molecular weight is 430 g/mol. The lowest BCUT2D eigenvalue weighted by Gasteiger charge is -2.22. The van der Waals surface area contributed by atoms with Crippen LogP contribution in [0.25, 0.3) is 0 Å². The first-order valence-corrected chi connectivity index (χ1v) is 10.0. The van der Waals surface area contributed by atoms with Gasteiger partial charge in [0, 0.05) is 10.3 Å². The predicted molar refractivity (Wildman–Crippen MR) is 111 cm³/mol. The van der Waals surface area contributed by atoms with Crippen molar-refractivity contribution in [1.29, 1.82) is 0 Å². The van der Waals surface area contributed by atoms with Crippen LogP contribution in [-0.2, 0) is 4.84 Å². The van der Waals surface area contributed by atoms with E-state index in [1.807, 2.05) is 32.1 Å². The lowest BCUT2D eigenvalue weighted by atomic mass is 10.1. The highest BCUT2D eigenvalue weighted by atomic mass is 35.5. The molecule has 1 aliphatic heterocycles. The topological polar surface area (TPSA) is 69.2 Å². The molecular weight excluding hydrogens is 408 g/mol. The first-order valence-electron chi connectivity index (χ1n) is 8.74. The zero-order valence-corrected chi connectivity index (χ0v) is 17.4. The summed E-state index contributed by atoms with van der Waals surface area (Å²) in [6, 6.07) is 2.22. The molecule has 0 fully saturated rings. The third-order valence-corrected chi connectivity index (χ3v) is 5.14. The van der Waals surface area contributed by atoms with E-state index in [0.717, 1.165) is 12.5 Å². The number of oxime groups is 1. The standard InChI is InChI=1S/C17H16ClF2N3O2S.C2H6/c1-24-23-17(21)15-12(19)4-5-13(16(15)20)25-8-14-22-10-6-9(18)2-3-11(7-10)26-14;1-2/h2-6,10-11H,7-8H2,1H3,(H2,21,23);1-2H3. The van der Waals surface area contributed by atoms with E-state index < -0.39 is 23.0 Å². The van der Waals surface area contributed by atoms with E-state index >= 15 is 0 Å². The average Bonchev–Trinajstić information content (AvgIpc) is 2.80. The molecule has 2 N–H and O–H groups in total. The van der Waals surface area contributed by atoms with Gasteiger partial charge in [-0.3, -0.25) is 4.99 Å². The number of fused-ring (bicyclic) bond motifs is 2. The van der Waals surface area contributed by atoms with Crippen LogP contribution in [0.3, 0.4) is 0 Å². The number of rotatable bonds is 5. The maximum absolute atomic E-state index is 14.5. The molecule has 1 heterocycles. The maximum Gasteiger partial charge on any atom is 0.179 e. The molecule has 0 saturated carbocycles. The fourth-order valence-electron chi connectivity index (χ4n) is 2.63. The van der Waals surface area contributed by atoms with Gasteiger partial charge in [0.2, 0.25) is 0 Å². The number of aliphatic imine (C=N–C) groups is 1. The molecule has 152 valence electrons. The van der Waals surface area contributed by atoms with Crippen LogP contribution in [-0.4, -0.2) is 35.9 Å². The summed E-state index contributed by atoms with van der Waals surface area (Å²) in [7, 11) is 1.23. The summed E-state index contributed by atoms with van der Waals surface area (Å²) in [6.45, 7) is 4.06. The van der Waals surface area contributed by atoms with Gasteiger partial charge in [-0.05, 0) is 30.7 Å². The number of nitrogens with two attached hydrogens (primary N) is 1. The molecule has 2 unspecified atom stereocenters. The molecule has 0 radical (unpaired) electrons. The molecule has 2 bridgehead atoms. The molecule has 5 nitrogen and oxygen atoms in total. The Morgan fingerprint density at radius 3 is 2.86 bits per heavy atom. The van der Waals surface area contributed by atoms with Crippen LogP contribution < -0.4 is 10.5 Å². The number of hydrogen-bond acceptors (Lipinski definition) is 5. The number of halogens is 3. The number of amidine groups is 1. The van der Waals surface area contributed by atoms with Crippen LogP contribution in [0.4, 0.5) is 8.78 Å². The molecule has 1 aromatic rings. The second kappa shape index (κ2) is 10.5. The van der Waals surface area contributed by atoms with Gasteiger partial charge >= 0.3 is 0 Å². The summed E-state index contributed by atoms with van der Waals surface area (Å²) in [5.74, 6) is -2.34. The number of hydrogen-bond donors (Lipinski definition) is 1. The molecule has 2 aliphatic rings. The van der Waals surface area contributed by atoms with E-state index in [4.69, 9.17) is 22.1 Å². The summed E-state index contributed by atoms with van der Waals surface area (Å²) in [4.78, 5) is 9.02. The van der Waals surface area contributed by atoms with E-state index in [2.05, 4.69) is 15.0 Å². The van der Waals surface area contributed by atoms with Crippen molar-refractivity contribution in [3.8, 4) is 5.75 Å². The molecule has 0 spiro atoms. The Morgan fingerprint density at radius 1 is 1.39 bits per heavy atom. The summed E-state index contributed by atoms with van der Waals surface area (Å²) >= 11 is 7.59. The van der Waals surface area contributed by atoms with Crippen molar-refractivity contribution in [2.24, 2.45) is 15.9 Å². The van der Waals surface area contributed by atoms with E-state index in [1.165, 1.54) is 24.9 Å². The molecule has 0 amide bonds. The minimum atomic E-state index is -0.940. The largest absolute Gasteiger partial charge is 0.484 e. The van der Waals surface area contributed by atoms with Gasteiger partial charge in [0.15, 0.2) is 17.4 Å². The van der Waals surface area contributed by atoms with Gasteiger partial charge in [0.05, 0.1) is 11.6 Å². The van der Waals surface area contributed by atoms with Crippen molar-refractivity contribution in [2.75, 3.05) is 13.7 Å². The molecule has 0 aromatic heterocycles. The van der Waals surface area contributed by atoms with Crippen LogP contribution in [0.1, 0.15) is 25.8 Å². The molecule has 2 atom stereocenters. The smallest absolute Gasteiger partial charge is 0.179 e. The minimum absolute atomic E-state index is 0.0412. The summed E-state index contributed by atoms with van der Waals surface area (Å²) in [6.07, 6.45) is 6.58. The van der Waals surface area contributed by atoms with Crippen molar-refractivity contribution < 1.29 is 18.4 Å². The first kappa shape index (κ1) is 22.2. The number of benzene rings is 1. The van der Waals surface area contributed by atoms with Gasteiger partial charge in [0.25, 0.3) is 0 Å². The van der Waals surface area contributed by atoms with Crippen molar-refractivity contribution in [3.63, 3.8) is 0 Å². The second-order valence-corrected chi connectivity index (χ2v) is 7.32. The van der Waals surface area contributed by atoms with Gasteiger partial charge in [0.1, 0.15) is 24.6 Å². The van der Waals surface area contributed by atoms with Gasteiger partial charge < -0.3 is 15.3 Å². The van der Waals surface area contributed by atoms with Gasteiger partial charge in [-0.2, -0.15) is 0 Å². The third kappa shape index (κ3) is 5.48. The Bertz CT molecular complexity index is 828. The molecular formula is C19H22ClF2N3O2S. The van der Waals surface area contributed by atoms with Crippen molar-refractivity contribution in [1.82, 2.24) is 0 Å². The molecule has 1 aromatic carbocycles. The Balaban J connectivity index is 0.00000136. The quantitative estimate of drug-likeness (QED) is 0.422. The minimum Gasteiger partial charge on any atom is -0.484 e. The van der Waals surface area contributed by atoms with E-state index in [0.29, 0.717) is 10.1 Å². The van der Waals surface area contributed by atoms with Crippen molar-refractivity contribution in [3.05, 3.63) is 52.6 Å². The van der Waals surface area contributed by atoms with Crippen molar-refractivity contribution >= 4 is 34.2 Å². The highest BCUT2D eigenvalue weighted by Crippen LogP contribution is 2.32. The Labute approximate surface area is 172 Å². The maximum atomic E-state index is 14.5. The Morgan fingerprint density at radius 2 is 2.14 bits per heavy atom. The van der Waals surface area contributed by atoms with E-state index in [1.54, 1.807) is 0 Å². The molecule has 9 heteroatoms. The normalized spacial score (nSPS) is 21.0. The second-order valence-electron chi connectivity index (χ2n) is 5.58. The van der Waals surface area contributed by atoms with Gasteiger partial charge in [-0.1, -0.05) is 36.7 Å². The van der Waals surface area contributed by atoms with Crippen LogP contribution in [0.15, 0.2) is 45.5 Å². The zero-order valence-electron chi connectivity index (χ0n) is 15.8. The molecule has 1 aliphatic carbocycles. The molecule has 28 heavy (non-hydrogen) atoms. The summed E-state index contributed by atoms with van der Waals surface area (Å²) < 4.78 is 33.9. The van der Waals surface area contributed by atoms with E-state index in [9.17, 15) is 8.78 Å². The number of ether oxygens (including phenoxy) is 1. The van der Waals surface area contributed by atoms with Gasteiger partial charge in [-0.15, -0.1) is 11.8 Å². The SMILES string of the molecule is CC.CO/N=C(\N)c1c(F)ccc(OCC2=NC3C=C(Cl)C=CC(C3)S2)c1F. The van der Waals surface area contributed by atoms with Crippen LogP contribution in [0, 0.1) is 11.6 Å². The van der Waals surface area contributed by atoms with Crippen molar-refractivity contribution in [2.45, 2.75) is 31.6 Å². The molecule has 3 rings (SSSR count). The summed E-state index contributed by atoms with van der Waals surface area (Å²) in [5.41, 5.74) is 5.05. The fraction of sp³-hybridized carbons (Fsp3) is 0.368. The predicted octanol–water partition coefficient (Wildman–Crippen LogP) is 4.60. The van der Waals surface area contributed by atoms with E-state index in [-0.39, 0.29) is 23.6 Å². The van der Waals surface area contributed by atoms with Crippen LogP contribution >= 0.6 is 23.4 Å². The highest BCUT2D eigenvalue weighted by Gasteiger charge is 2.25. The lowest BCUT2D eigenvalue weighted by Crippen LogP contribution is -2.23. The lowest BCUT2D eigenvalue weighted by molar-refractivity contribution is 0.213. The van der Waals surface area contributed by atoms with Crippen LogP contribution in [0.2, 0.25) is 0 Å². The van der Waals surface area contributed by atoms with Gasteiger partial charge in [-0.25, -0.2) is 8.78 Å². The fourth-order valence-corrected chi connectivity index (χ4v) is 3.97. The Kier molecular flexibility index (Phi) is 8.32. The highest BCUT2D eigenvalue weighted by molar-refractivity contribution is 8.14. The molecule has 0 saturated heterocycles. The summed E-state index contributed by atoms with van der Waals surface area (Å²) in [5, 5.41) is 4.95. The number of allylic oxidation sites excluding steroid dienone is 2.